The summed E-state index contributed by atoms with van der Waals surface area (Å²) in [5, 5.41) is 13.6. The maximum atomic E-state index is 9.21. The molecule has 0 saturated heterocycles. The standard InChI is InChI=1S/C51H48N2Si.2C42H28N2OS/c1-51(2,3)41-25-31-44(32-26-41)52(49-19-11-15-39-13-7-9-17-47(39)49)42-27-21-37(22-28-42)38-23-29-43(30-24-38)53(45-33-35-46(36-34-45)54(4,5)6)50-20-12-16-40-14-8-10-18-48(40)50;1-4-12-29(13-5-1)43(30-14-6-2-7-15-30)32-22-25-41-38(26-32)37-24-21-34(28-42(37)46-41)44(31-16-8-3-9-17-31)33-20-23-36-35-18-10-11-19-39(35)45-40(36)27-33;1-4-12-29(13-5-1)43(30-14-6-2-7-15-30)33-22-25-41-38(27-33)36-23-20-34(28-42(36)46-41)44(31-16-8-3-9-17-31)32-21-24-40-37(26-32)35-18-10-11-19-39(35)45-40/h7-36H,1-6H3;2*1-28H/i8D,10D,12D,14D,16D,20D;;. The van der Waals surface area contributed by atoms with Crippen LogP contribution >= 0.6 is 22.7 Å². The summed E-state index contributed by atoms with van der Waals surface area (Å²) in [5.41, 5.74) is 25.3. The number of rotatable bonds is 20. The molecule has 0 radical (unpaired) electrons. The van der Waals surface area contributed by atoms with E-state index in [1.165, 1.54) is 62.5 Å². The van der Waals surface area contributed by atoms with E-state index in [4.69, 9.17) is 15.7 Å². The van der Waals surface area contributed by atoms with Crippen LogP contribution in [0.5, 0.6) is 0 Å². The average Bonchev–Trinajstić information content (AvgIpc) is 1.07. The molecule has 4 aromatic heterocycles. The van der Waals surface area contributed by atoms with Crippen LogP contribution in [0.15, 0.2) is 530 Å². The number of para-hydroxylation sites is 8. The van der Waals surface area contributed by atoms with Gasteiger partial charge in [0.2, 0.25) is 0 Å². The van der Waals surface area contributed by atoms with Gasteiger partial charge < -0.3 is 38.2 Å². The van der Waals surface area contributed by atoms with Gasteiger partial charge in [0.05, 0.1) is 27.7 Å². The quantitative estimate of drug-likeness (QED) is 0.0700. The van der Waals surface area contributed by atoms with Gasteiger partial charge in [0.15, 0.2) is 0 Å². The van der Waals surface area contributed by atoms with Crippen molar-refractivity contribution in [2.45, 2.75) is 45.8 Å². The van der Waals surface area contributed by atoms with Crippen molar-refractivity contribution in [2.24, 2.45) is 0 Å². The van der Waals surface area contributed by atoms with E-state index in [9.17, 15) is 1.37 Å². The highest BCUT2D eigenvalue weighted by Crippen LogP contribution is 2.51. The summed E-state index contributed by atoms with van der Waals surface area (Å²) in [6.07, 6.45) is 0. The molecular formula is C135H104N6O2S2Si. The number of thiophene rings is 2. The summed E-state index contributed by atoms with van der Waals surface area (Å²) in [5.74, 6) is 0. The minimum Gasteiger partial charge on any atom is -0.456 e. The lowest BCUT2D eigenvalue weighted by Gasteiger charge is -2.28. The van der Waals surface area contributed by atoms with Crippen molar-refractivity contribution in [2.75, 3.05) is 29.4 Å². The number of furan rings is 2. The Morgan fingerprint density at radius 1 is 0.212 bits per heavy atom. The van der Waals surface area contributed by atoms with Gasteiger partial charge in [0, 0.05) is 170 Å². The van der Waals surface area contributed by atoms with Gasteiger partial charge in [0.1, 0.15) is 22.3 Å². The first-order valence-corrected chi connectivity index (χ1v) is 54.5. The summed E-state index contributed by atoms with van der Waals surface area (Å²) in [4.78, 5) is 13.5. The second kappa shape index (κ2) is 39.0. The zero-order chi connectivity index (χ0) is 104. The van der Waals surface area contributed by atoms with E-state index in [2.05, 4.69) is 483 Å². The molecule has 0 N–H and O–H groups in total. The van der Waals surface area contributed by atoms with Crippen molar-refractivity contribution in [1.82, 2.24) is 0 Å². The van der Waals surface area contributed by atoms with Crippen molar-refractivity contribution in [3.05, 3.63) is 527 Å². The minimum atomic E-state index is -1.64. The van der Waals surface area contributed by atoms with E-state index in [1.807, 2.05) is 88.2 Å². The first-order chi connectivity index (χ1) is 74.1. The molecule has 0 aliphatic rings. The Kier molecular flexibility index (Phi) is 22.5. The fourth-order valence-corrected chi connectivity index (χ4v) is 23.5. The predicted octanol–water partition coefficient (Wildman–Crippen LogP) is 40.2. The van der Waals surface area contributed by atoms with Crippen LogP contribution in [0.4, 0.5) is 102 Å². The van der Waals surface area contributed by atoms with Gasteiger partial charge in [-0.2, -0.15) is 0 Å². The number of fused-ring (bicyclic) bond motifs is 14. The number of anilines is 18. The van der Waals surface area contributed by atoms with Crippen LogP contribution in [0.3, 0.4) is 0 Å². The zero-order valence-corrected chi connectivity index (χ0v) is 84.1. The van der Waals surface area contributed by atoms with Crippen molar-refractivity contribution in [3.8, 4) is 11.1 Å². The Morgan fingerprint density at radius 2 is 0.541 bits per heavy atom. The van der Waals surface area contributed by atoms with Gasteiger partial charge in [-0.1, -0.05) is 325 Å². The fraction of sp³-hybridized carbons (Fsp3) is 0.0519. The summed E-state index contributed by atoms with van der Waals surface area (Å²) in [6, 6.07) is 169. The Labute approximate surface area is 868 Å². The van der Waals surface area contributed by atoms with E-state index >= 15 is 0 Å². The Balaban J connectivity index is 0.000000122. The molecule has 0 saturated carbocycles. The average molecular weight is 1940 g/mol. The third kappa shape index (κ3) is 18.0. The smallest absolute Gasteiger partial charge is 0.137 e. The summed E-state index contributed by atoms with van der Waals surface area (Å²) < 4.78 is 69.8. The lowest BCUT2D eigenvalue weighted by Crippen LogP contribution is -2.37. The maximum Gasteiger partial charge on any atom is 0.137 e. The molecular weight excluding hydrogens is 1830 g/mol. The maximum absolute atomic E-state index is 9.21. The highest BCUT2D eigenvalue weighted by Gasteiger charge is 2.27. The Morgan fingerprint density at radius 3 is 1.01 bits per heavy atom. The van der Waals surface area contributed by atoms with Crippen LogP contribution in [0.1, 0.15) is 34.6 Å². The largest absolute Gasteiger partial charge is 0.456 e. The Bertz CT molecular complexity index is 9520. The molecule has 0 fully saturated rings. The highest BCUT2D eigenvalue weighted by molar-refractivity contribution is 7.26. The molecule has 702 valence electrons. The molecule has 0 unspecified atom stereocenters. The van der Waals surface area contributed by atoms with Crippen LogP contribution in [0.25, 0.3) is 117 Å². The third-order valence-corrected chi connectivity index (χ3v) is 31.7. The summed E-state index contributed by atoms with van der Waals surface area (Å²) >= 11 is 3.68. The molecule has 22 aromatic carbocycles. The second-order valence-corrected chi connectivity index (χ2v) is 46.0. The molecule has 26 aromatic rings. The van der Waals surface area contributed by atoms with Crippen molar-refractivity contribution in [1.29, 1.82) is 0 Å². The van der Waals surface area contributed by atoms with E-state index in [0.29, 0.717) is 11.1 Å². The molecule has 0 amide bonds. The molecule has 146 heavy (non-hydrogen) atoms. The molecule has 0 spiro atoms. The number of nitrogens with zero attached hydrogens (tertiary/aromatic N) is 6. The van der Waals surface area contributed by atoms with E-state index in [0.717, 1.165) is 157 Å². The van der Waals surface area contributed by atoms with Crippen LogP contribution in [0, 0.1) is 0 Å². The normalized spacial score (nSPS) is 12.2. The first kappa shape index (κ1) is 84.1. The summed E-state index contributed by atoms with van der Waals surface area (Å²) in [7, 11) is -1.64. The molecule has 0 atom stereocenters. The second-order valence-electron chi connectivity index (χ2n) is 38.7. The lowest BCUT2D eigenvalue weighted by molar-refractivity contribution is 0.590. The number of hydrogen-bond acceptors (Lipinski definition) is 10. The Hall–Kier alpha value is -17.6. The molecule has 4 heterocycles. The molecule has 0 aliphatic carbocycles. The van der Waals surface area contributed by atoms with E-state index < -0.39 is 8.07 Å². The molecule has 0 bridgehead atoms. The van der Waals surface area contributed by atoms with Gasteiger partial charge >= 0.3 is 0 Å². The van der Waals surface area contributed by atoms with E-state index in [-0.39, 0.29) is 47.1 Å². The molecule has 8 nitrogen and oxygen atoms in total. The SMILES string of the molecule is [2H]c1cc2c(N(c3ccc(-c4ccc(N(c5ccc(C(C)(C)C)cc5)c5cccc6ccccc56)cc4)cc3)c3ccc([Si](C)(C)C)cc3)c([2H])c([2H])c([2H])c2c([2H])c1[2H].c1ccc(N(c2ccc3c(c2)oc2ccccc23)c2ccc3c(c2)sc2ccc(N(c4ccccc4)c4ccccc4)cc23)cc1.c1ccc(N(c2ccc3c(c2)sc2ccc(N(c4ccccc4)c4ccccc4)cc23)c2ccc3oc4ccccc4c3c2)cc1. The van der Waals surface area contributed by atoms with Gasteiger partial charge in [0.25, 0.3) is 0 Å². The van der Waals surface area contributed by atoms with E-state index in [1.54, 1.807) is 0 Å². The van der Waals surface area contributed by atoms with Crippen LogP contribution in [-0.4, -0.2) is 8.07 Å². The van der Waals surface area contributed by atoms with Crippen molar-refractivity contribution in [3.63, 3.8) is 0 Å². The molecule has 26 rings (SSSR count). The molecule has 11 heteroatoms. The van der Waals surface area contributed by atoms with Gasteiger partial charge in [-0.05, 0) is 269 Å². The fourth-order valence-electron chi connectivity index (χ4n) is 20.1. The number of hydrogen-bond donors (Lipinski definition) is 0. The zero-order valence-electron chi connectivity index (χ0n) is 87.5. The van der Waals surface area contributed by atoms with Gasteiger partial charge in [-0.15, -0.1) is 22.7 Å². The van der Waals surface area contributed by atoms with Crippen molar-refractivity contribution < 1.29 is 17.1 Å². The van der Waals surface area contributed by atoms with Crippen molar-refractivity contribution >= 4 is 244 Å². The van der Waals surface area contributed by atoms with Gasteiger partial charge in [-0.25, -0.2) is 0 Å². The monoisotopic (exact) mass is 1940 g/mol. The van der Waals surface area contributed by atoms with Gasteiger partial charge in [-0.3, -0.25) is 0 Å². The number of benzene rings is 22. The summed E-state index contributed by atoms with van der Waals surface area (Å²) in [6.45, 7) is 13.5. The predicted molar refractivity (Wildman–Crippen MR) is 630 cm³/mol. The minimum absolute atomic E-state index is 0.0347. The van der Waals surface area contributed by atoms with Crippen LogP contribution in [-0.2, 0) is 5.41 Å². The van der Waals surface area contributed by atoms with Crippen LogP contribution < -0.4 is 34.6 Å². The first-order valence-electron chi connectivity index (χ1n) is 52.4. The topological polar surface area (TPSA) is 45.7 Å². The van der Waals surface area contributed by atoms with Crippen LogP contribution in [0.2, 0.25) is 19.6 Å². The third-order valence-electron chi connectivity index (χ3n) is 27.4. The highest BCUT2D eigenvalue weighted by atomic mass is 32.1. The lowest BCUT2D eigenvalue weighted by atomic mass is 9.87. The molecule has 0 aliphatic heterocycles.